The Labute approximate surface area is 89.3 Å². The van der Waals surface area contributed by atoms with Gasteiger partial charge in [0.2, 0.25) is 0 Å². The maximum Gasteiger partial charge on any atom is 0.350 e. The maximum atomic E-state index is 11.7. The number of fused-ring (bicyclic) bond motifs is 1. The number of carboxylic acid groups (broad SMARTS) is 1. The highest BCUT2D eigenvalue weighted by Crippen LogP contribution is 1.96. The van der Waals surface area contributed by atoms with Gasteiger partial charge in [0.25, 0.3) is 0 Å². The normalized spacial score (nSPS) is 10.5. The summed E-state index contributed by atoms with van der Waals surface area (Å²) in [5.41, 5.74) is -0.149. The van der Waals surface area contributed by atoms with Crippen LogP contribution in [0.25, 0.3) is 5.65 Å². The quantitative estimate of drug-likeness (QED) is 0.706. The SMILES string of the molecule is C=C(Cn1nc2cnccn2c1=O)C(=O)O. The summed E-state index contributed by atoms with van der Waals surface area (Å²) in [6.45, 7) is 3.19. The molecule has 2 rings (SSSR count). The van der Waals surface area contributed by atoms with Crippen LogP contribution in [0.3, 0.4) is 0 Å². The molecule has 0 saturated heterocycles. The second kappa shape index (κ2) is 3.61. The highest BCUT2D eigenvalue weighted by Gasteiger charge is 2.10. The first-order valence-electron chi connectivity index (χ1n) is 4.40. The van der Waals surface area contributed by atoms with E-state index < -0.39 is 11.7 Å². The summed E-state index contributed by atoms with van der Waals surface area (Å²) in [4.78, 5) is 26.1. The lowest BCUT2D eigenvalue weighted by Gasteiger charge is -1.97. The summed E-state index contributed by atoms with van der Waals surface area (Å²) in [6, 6.07) is 0. The van der Waals surface area contributed by atoms with Crippen LogP contribution in [-0.4, -0.2) is 30.2 Å². The first kappa shape index (κ1) is 10.1. The van der Waals surface area contributed by atoms with Crippen molar-refractivity contribution in [2.45, 2.75) is 6.54 Å². The van der Waals surface area contributed by atoms with Crippen molar-refractivity contribution in [1.29, 1.82) is 0 Å². The van der Waals surface area contributed by atoms with Crippen molar-refractivity contribution in [3.05, 3.63) is 41.2 Å². The van der Waals surface area contributed by atoms with Crippen molar-refractivity contribution in [2.75, 3.05) is 0 Å². The molecule has 0 bridgehead atoms. The van der Waals surface area contributed by atoms with E-state index in [2.05, 4.69) is 16.7 Å². The molecule has 82 valence electrons. The predicted molar refractivity (Wildman–Crippen MR) is 54.0 cm³/mol. The predicted octanol–water partition coefficient (Wildman–Crippen LogP) is -0.468. The topological polar surface area (TPSA) is 89.5 Å². The fourth-order valence-electron chi connectivity index (χ4n) is 1.23. The van der Waals surface area contributed by atoms with Crippen LogP contribution >= 0.6 is 0 Å². The molecule has 1 N–H and O–H groups in total. The summed E-state index contributed by atoms with van der Waals surface area (Å²) < 4.78 is 2.32. The molecule has 0 aromatic carbocycles. The van der Waals surface area contributed by atoms with Crippen LogP contribution < -0.4 is 5.69 Å². The highest BCUT2D eigenvalue weighted by atomic mass is 16.4. The average molecular weight is 220 g/mol. The molecule has 0 aliphatic carbocycles. The van der Waals surface area contributed by atoms with Gasteiger partial charge in [0.05, 0.1) is 18.3 Å². The fraction of sp³-hybridized carbons (Fsp3) is 0.111. The van der Waals surface area contributed by atoms with Gasteiger partial charge in [-0.2, -0.15) is 0 Å². The zero-order chi connectivity index (χ0) is 11.7. The molecule has 0 radical (unpaired) electrons. The smallest absolute Gasteiger partial charge is 0.350 e. The Hall–Kier alpha value is -2.44. The minimum atomic E-state index is -1.15. The molecule has 2 aromatic rings. The van der Waals surface area contributed by atoms with Gasteiger partial charge in [-0.3, -0.25) is 4.98 Å². The van der Waals surface area contributed by atoms with Gasteiger partial charge < -0.3 is 5.11 Å². The van der Waals surface area contributed by atoms with E-state index in [0.29, 0.717) is 5.65 Å². The third-order valence-electron chi connectivity index (χ3n) is 2.03. The number of nitrogens with zero attached hydrogens (tertiary/aromatic N) is 4. The lowest BCUT2D eigenvalue weighted by atomic mass is 10.3. The van der Waals surface area contributed by atoms with E-state index >= 15 is 0 Å². The molecule has 0 spiro atoms. The van der Waals surface area contributed by atoms with E-state index in [1.807, 2.05) is 0 Å². The Kier molecular flexibility index (Phi) is 2.28. The van der Waals surface area contributed by atoms with Crippen molar-refractivity contribution in [3.63, 3.8) is 0 Å². The zero-order valence-electron chi connectivity index (χ0n) is 8.20. The van der Waals surface area contributed by atoms with Gasteiger partial charge in [0.15, 0.2) is 5.65 Å². The standard InChI is InChI=1S/C9H8N4O3/c1-6(8(14)15)5-13-9(16)12-3-2-10-4-7(12)11-13/h2-4H,1,5H2,(H,14,15). The molecule has 0 amide bonds. The zero-order valence-corrected chi connectivity index (χ0v) is 8.20. The largest absolute Gasteiger partial charge is 0.478 e. The van der Waals surface area contributed by atoms with Gasteiger partial charge in [-0.05, 0) is 0 Å². The molecule has 0 aliphatic rings. The molecule has 0 unspecified atom stereocenters. The molecule has 7 heteroatoms. The maximum absolute atomic E-state index is 11.7. The number of rotatable bonds is 3. The van der Waals surface area contributed by atoms with E-state index in [0.717, 1.165) is 4.68 Å². The molecule has 0 atom stereocenters. The van der Waals surface area contributed by atoms with E-state index in [1.165, 1.54) is 23.0 Å². The fourth-order valence-corrected chi connectivity index (χ4v) is 1.23. The molecule has 0 saturated carbocycles. The van der Waals surface area contributed by atoms with Crippen LogP contribution in [-0.2, 0) is 11.3 Å². The van der Waals surface area contributed by atoms with Gasteiger partial charge in [0.1, 0.15) is 0 Å². The minimum absolute atomic E-state index is 0.0986. The van der Waals surface area contributed by atoms with Gasteiger partial charge >= 0.3 is 11.7 Å². The van der Waals surface area contributed by atoms with Crippen molar-refractivity contribution < 1.29 is 9.90 Å². The van der Waals surface area contributed by atoms with E-state index in [1.54, 1.807) is 0 Å². The van der Waals surface area contributed by atoms with Crippen molar-refractivity contribution in [1.82, 2.24) is 19.2 Å². The number of carbonyl (C=O) groups is 1. The first-order chi connectivity index (χ1) is 7.59. The molecular formula is C9H8N4O3. The summed E-state index contributed by atoms with van der Waals surface area (Å²) in [6.07, 6.45) is 4.33. The molecule has 0 fully saturated rings. The Balaban J connectivity index is 2.47. The van der Waals surface area contributed by atoms with Crippen LogP contribution in [0, 0.1) is 0 Å². The average Bonchev–Trinajstić information content (AvgIpc) is 2.56. The van der Waals surface area contributed by atoms with Gasteiger partial charge in [-0.15, -0.1) is 5.10 Å². The Bertz CT molecular complexity index is 625. The summed E-state index contributed by atoms with van der Waals surface area (Å²) in [5, 5.41) is 12.6. The number of carboxylic acids is 1. The Morgan fingerprint density at radius 1 is 1.56 bits per heavy atom. The van der Waals surface area contributed by atoms with Crippen LogP contribution in [0.4, 0.5) is 0 Å². The molecule has 2 aromatic heterocycles. The Morgan fingerprint density at radius 3 is 2.94 bits per heavy atom. The minimum Gasteiger partial charge on any atom is -0.478 e. The van der Waals surface area contributed by atoms with E-state index in [-0.39, 0.29) is 12.1 Å². The Morgan fingerprint density at radius 2 is 2.31 bits per heavy atom. The van der Waals surface area contributed by atoms with Gasteiger partial charge in [-0.1, -0.05) is 6.58 Å². The van der Waals surface area contributed by atoms with Gasteiger partial charge in [-0.25, -0.2) is 18.7 Å². The third kappa shape index (κ3) is 1.58. The van der Waals surface area contributed by atoms with Crippen LogP contribution in [0.1, 0.15) is 0 Å². The summed E-state index contributed by atoms with van der Waals surface area (Å²) >= 11 is 0. The number of hydrogen-bond donors (Lipinski definition) is 1. The van der Waals surface area contributed by atoms with Crippen molar-refractivity contribution in [3.8, 4) is 0 Å². The lowest BCUT2D eigenvalue weighted by Crippen LogP contribution is -2.23. The summed E-state index contributed by atoms with van der Waals surface area (Å²) in [5.74, 6) is -1.15. The van der Waals surface area contributed by atoms with Crippen LogP contribution in [0.15, 0.2) is 35.5 Å². The van der Waals surface area contributed by atoms with E-state index in [4.69, 9.17) is 5.11 Å². The van der Waals surface area contributed by atoms with Crippen molar-refractivity contribution in [2.24, 2.45) is 0 Å². The number of hydrogen-bond acceptors (Lipinski definition) is 4. The second-order valence-electron chi connectivity index (χ2n) is 3.15. The molecule has 16 heavy (non-hydrogen) atoms. The molecule has 7 nitrogen and oxygen atoms in total. The third-order valence-corrected chi connectivity index (χ3v) is 2.03. The van der Waals surface area contributed by atoms with Gasteiger partial charge in [0, 0.05) is 12.4 Å². The molecule has 0 aliphatic heterocycles. The number of aromatic nitrogens is 4. The van der Waals surface area contributed by atoms with E-state index in [9.17, 15) is 9.59 Å². The van der Waals surface area contributed by atoms with Crippen LogP contribution in [0.2, 0.25) is 0 Å². The van der Waals surface area contributed by atoms with Crippen molar-refractivity contribution >= 4 is 11.6 Å². The highest BCUT2D eigenvalue weighted by molar-refractivity contribution is 5.85. The molecular weight excluding hydrogens is 212 g/mol. The molecule has 2 heterocycles. The van der Waals surface area contributed by atoms with Crippen LogP contribution in [0.5, 0.6) is 0 Å². The summed E-state index contributed by atoms with van der Waals surface area (Å²) in [7, 11) is 0. The second-order valence-corrected chi connectivity index (χ2v) is 3.15. The monoisotopic (exact) mass is 220 g/mol. The number of aliphatic carboxylic acids is 1. The first-order valence-corrected chi connectivity index (χ1v) is 4.40. The lowest BCUT2D eigenvalue weighted by molar-refractivity contribution is -0.132.